The minimum absolute atomic E-state index is 0.00324. The predicted molar refractivity (Wildman–Crippen MR) is 49.5 cm³/mol. The molecule has 5 heteroatoms. The molecule has 0 saturated carbocycles. The minimum atomic E-state index is -0.949. The number of rotatable bonds is 4. The van der Waals surface area contributed by atoms with Crippen molar-refractivity contribution < 1.29 is 14.6 Å². The molecule has 76 valence electrons. The molecule has 14 heavy (non-hydrogen) atoms. The first kappa shape index (κ1) is 10.3. The summed E-state index contributed by atoms with van der Waals surface area (Å²) in [4.78, 5) is 24.2. The average molecular weight is 197 g/mol. The van der Waals surface area contributed by atoms with Gasteiger partial charge in [-0.05, 0) is 6.92 Å². The maximum atomic E-state index is 11.2. The molecular formula is C9H11NO4. The van der Waals surface area contributed by atoms with Crippen LogP contribution in [0.25, 0.3) is 0 Å². The third-order valence-electron chi connectivity index (χ3n) is 1.66. The number of aryl methyl sites for hydroxylation is 1. The second-order valence-electron chi connectivity index (χ2n) is 2.79. The molecule has 0 amide bonds. The Bertz CT molecular complexity index is 383. The molecule has 0 fully saturated rings. The Labute approximate surface area is 80.3 Å². The Morgan fingerprint density at radius 2 is 2.36 bits per heavy atom. The third kappa shape index (κ3) is 2.62. The lowest BCUT2D eigenvalue weighted by Crippen LogP contribution is -2.12. The normalized spacial score (nSPS) is 9.79. The molecule has 1 aromatic heterocycles. The van der Waals surface area contributed by atoms with Gasteiger partial charge in [0.2, 0.25) is 5.43 Å². The highest BCUT2D eigenvalue weighted by Crippen LogP contribution is 2.07. The van der Waals surface area contributed by atoms with Crippen molar-refractivity contribution in [3.8, 4) is 5.75 Å². The Morgan fingerprint density at radius 1 is 1.64 bits per heavy atom. The van der Waals surface area contributed by atoms with Crippen LogP contribution in [0, 0.1) is 6.92 Å². The molecule has 0 unspecified atom stereocenters. The molecular weight excluding hydrogens is 186 g/mol. The summed E-state index contributed by atoms with van der Waals surface area (Å²) in [7, 11) is 0. The van der Waals surface area contributed by atoms with Gasteiger partial charge >= 0.3 is 5.97 Å². The van der Waals surface area contributed by atoms with Gasteiger partial charge < -0.3 is 14.8 Å². The number of aromatic amines is 1. The first-order valence-corrected chi connectivity index (χ1v) is 4.14. The first-order chi connectivity index (χ1) is 6.61. The Morgan fingerprint density at radius 3 is 2.93 bits per heavy atom. The molecule has 0 bridgehead atoms. The van der Waals surface area contributed by atoms with E-state index in [0.29, 0.717) is 5.69 Å². The number of ether oxygens (including phenoxy) is 1. The molecule has 0 aromatic carbocycles. The van der Waals surface area contributed by atoms with E-state index in [-0.39, 0.29) is 24.2 Å². The maximum Gasteiger partial charge on any atom is 0.306 e. The summed E-state index contributed by atoms with van der Waals surface area (Å²) in [5.74, 6) is -0.760. The zero-order valence-electron chi connectivity index (χ0n) is 7.74. The van der Waals surface area contributed by atoms with Crippen molar-refractivity contribution in [3.05, 3.63) is 28.2 Å². The quantitative estimate of drug-likeness (QED) is 0.738. The SMILES string of the molecule is Cc1[nH]ccc(=O)c1OCCC(=O)O. The summed E-state index contributed by atoms with van der Waals surface area (Å²) in [6, 6.07) is 1.34. The van der Waals surface area contributed by atoms with Crippen LogP contribution in [-0.4, -0.2) is 22.7 Å². The fourth-order valence-corrected chi connectivity index (χ4v) is 0.988. The molecule has 1 aromatic rings. The Hall–Kier alpha value is -1.78. The van der Waals surface area contributed by atoms with Crippen LogP contribution in [0.4, 0.5) is 0 Å². The molecule has 5 nitrogen and oxygen atoms in total. The molecule has 0 aliphatic carbocycles. The number of hydrogen-bond donors (Lipinski definition) is 2. The second kappa shape index (κ2) is 4.45. The summed E-state index contributed by atoms with van der Waals surface area (Å²) in [5, 5.41) is 8.36. The van der Waals surface area contributed by atoms with Gasteiger partial charge in [-0.25, -0.2) is 0 Å². The second-order valence-corrected chi connectivity index (χ2v) is 2.79. The summed E-state index contributed by atoms with van der Waals surface area (Å²) in [6.07, 6.45) is 1.40. The third-order valence-corrected chi connectivity index (χ3v) is 1.66. The van der Waals surface area contributed by atoms with E-state index < -0.39 is 5.97 Å². The maximum absolute atomic E-state index is 11.2. The van der Waals surface area contributed by atoms with E-state index in [1.54, 1.807) is 6.92 Å². The van der Waals surface area contributed by atoms with Crippen LogP contribution in [0.5, 0.6) is 5.75 Å². The van der Waals surface area contributed by atoms with Crippen LogP contribution >= 0.6 is 0 Å². The monoisotopic (exact) mass is 197 g/mol. The van der Waals surface area contributed by atoms with Crippen molar-refractivity contribution in [3.63, 3.8) is 0 Å². The van der Waals surface area contributed by atoms with Crippen LogP contribution in [0.3, 0.4) is 0 Å². The molecule has 2 N–H and O–H groups in total. The molecule has 0 aliphatic heterocycles. The van der Waals surface area contributed by atoms with E-state index in [2.05, 4.69) is 4.98 Å². The number of aromatic nitrogens is 1. The predicted octanol–water partition coefficient (Wildman–Crippen LogP) is 0.537. The number of hydrogen-bond acceptors (Lipinski definition) is 3. The van der Waals surface area contributed by atoms with Gasteiger partial charge in [-0.2, -0.15) is 0 Å². The van der Waals surface area contributed by atoms with Crippen LogP contribution in [0.2, 0.25) is 0 Å². The zero-order valence-corrected chi connectivity index (χ0v) is 7.74. The highest BCUT2D eigenvalue weighted by Gasteiger charge is 2.05. The zero-order chi connectivity index (χ0) is 10.6. The fraction of sp³-hybridized carbons (Fsp3) is 0.333. The molecule has 1 heterocycles. The van der Waals surface area contributed by atoms with Crippen molar-refractivity contribution >= 4 is 5.97 Å². The van der Waals surface area contributed by atoms with Crippen LogP contribution in [-0.2, 0) is 4.79 Å². The lowest BCUT2D eigenvalue weighted by atomic mass is 10.3. The van der Waals surface area contributed by atoms with Gasteiger partial charge in [-0.15, -0.1) is 0 Å². The minimum Gasteiger partial charge on any atom is -0.487 e. The van der Waals surface area contributed by atoms with Crippen molar-refractivity contribution in [2.75, 3.05) is 6.61 Å². The number of aliphatic carboxylic acids is 1. The number of carboxylic acids is 1. The van der Waals surface area contributed by atoms with Crippen molar-refractivity contribution in [1.82, 2.24) is 4.98 Å². The highest BCUT2D eigenvalue weighted by atomic mass is 16.5. The van der Waals surface area contributed by atoms with Crippen LogP contribution in [0.15, 0.2) is 17.1 Å². The smallest absolute Gasteiger partial charge is 0.306 e. The van der Waals surface area contributed by atoms with E-state index in [1.165, 1.54) is 12.3 Å². The molecule has 0 spiro atoms. The lowest BCUT2D eigenvalue weighted by Gasteiger charge is -2.05. The van der Waals surface area contributed by atoms with Gasteiger partial charge in [0.1, 0.15) is 0 Å². The summed E-state index contributed by atoms with van der Waals surface area (Å²) in [5.41, 5.74) is 0.356. The number of H-pyrrole nitrogens is 1. The Balaban J connectivity index is 2.67. The van der Waals surface area contributed by atoms with E-state index in [1.807, 2.05) is 0 Å². The largest absolute Gasteiger partial charge is 0.487 e. The van der Waals surface area contributed by atoms with E-state index in [4.69, 9.17) is 9.84 Å². The summed E-state index contributed by atoms with van der Waals surface area (Å²) >= 11 is 0. The van der Waals surface area contributed by atoms with Crippen molar-refractivity contribution in [2.45, 2.75) is 13.3 Å². The van der Waals surface area contributed by atoms with Gasteiger partial charge in [0.15, 0.2) is 5.75 Å². The van der Waals surface area contributed by atoms with Gasteiger partial charge in [0.25, 0.3) is 0 Å². The lowest BCUT2D eigenvalue weighted by molar-refractivity contribution is -0.137. The van der Waals surface area contributed by atoms with Gasteiger partial charge in [0.05, 0.1) is 18.7 Å². The number of pyridine rings is 1. The molecule has 1 rings (SSSR count). The molecule has 0 saturated heterocycles. The molecule has 0 atom stereocenters. The topological polar surface area (TPSA) is 79.4 Å². The Kier molecular flexibility index (Phi) is 3.28. The standard InChI is InChI=1S/C9H11NO4/c1-6-9(7(11)2-4-10-6)14-5-3-8(12)13/h2,4H,3,5H2,1H3,(H,10,11)(H,12,13). The summed E-state index contributed by atoms with van der Waals surface area (Å²) in [6.45, 7) is 1.70. The molecule has 0 aliphatic rings. The van der Waals surface area contributed by atoms with Crippen LogP contribution < -0.4 is 10.2 Å². The van der Waals surface area contributed by atoms with Gasteiger partial charge in [-0.3, -0.25) is 9.59 Å². The van der Waals surface area contributed by atoms with Crippen molar-refractivity contribution in [2.24, 2.45) is 0 Å². The fourth-order valence-electron chi connectivity index (χ4n) is 0.988. The van der Waals surface area contributed by atoms with E-state index in [9.17, 15) is 9.59 Å². The van der Waals surface area contributed by atoms with Crippen LogP contribution in [0.1, 0.15) is 12.1 Å². The van der Waals surface area contributed by atoms with Gasteiger partial charge in [0, 0.05) is 12.3 Å². The average Bonchev–Trinajstić information content (AvgIpc) is 2.09. The number of carboxylic acid groups (broad SMARTS) is 1. The first-order valence-electron chi connectivity index (χ1n) is 4.14. The summed E-state index contributed by atoms with van der Waals surface area (Å²) < 4.78 is 5.05. The number of carbonyl (C=O) groups is 1. The van der Waals surface area contributed by atoms with Crippen molar-refractivity contribution in [1.29, 1.82) is 0 Å². The number of nitrogens with one attached hydrogen (secondary N) is 1. The van der Waals surface area contributed by atoms with Gasteiger partial charge in [-0.1, -0.05) is 0 Å². The van der Waals surface area contributed by atoms with E-state index in [0.717, 1.165) is 0 Å². The van der Waals surface area contributed by atoms with E-state index >= 15 is 0 Å². The molecule has 0 radical (unpaired) electrons. The highest BCUT2D eigenvalue weighted by molar-refractivity contribution is 5.66.